The monoisotopic (exact) mass is 306 g/mol. The normalized spacial score (nSPS) is 23.1. The van der Waals surface area contributed by atoms with Gasteiger partial charge in [-0.25, -0.2) is 0 Å². The molecule has 0 aliphatic carbocycles. The van der Waals surface area contributed by atoms with Crippen molar-refractivity contribution in [1.82, 2.24) is 0 Å². The summed E-state index contributed by atoms with van der Waals surface area (Å²) >= 11 is 0. The van der Waals surface area contributed by atoms with Crippen LogP contribution in [0, 0.1) is 0 Å². The first kappa shape index (κ1) is 17.8. The molecule has 0 aromatic heterocycles. The van der Waals surface area contributed by atoms with Crippen LogP contribution in [0.15, 0.2) is 0 Å². The zero-order chi connectivity index (χ0) is 15.0. The summed E-state index contributed by atoms with van der Waals surface area (Å²) in [4.78, 5) is 11.9. The Labute approximate surface area is 121 Å². The number of ether oxygens (including phenoxy) is 1. The molecule has 1 rings (SSSR count). The van der Waals surface area contributed by atoms with Crippen molar-refractivity contribution in [2.45, 2.75) is 64.1 Å². The highest BCUT2D eigenvalue weighted by Gasteiger charge is 2.30. The molecular weight excluding hydrogens is 279 g/mol. The van der Waals surface area contributed by atoms with Crippen LogP contribution in [-0.2, 0) is 23.1 Å². The quantitative estimate of drug-likeness (QED) is 0.456. The van der Waals surface area contributed by atoms with E-state index in [9.17, 15) is 9.36 Å². The number of Topliss-reactive ketones (excluding diaryl/α,β-unsaturated/α-hetero) is 1. The van der Waals surface area contributed by atoms with Crippen LogP contribution in [0.4, 0.5) is 0 Å². The van der Waals surface area contributed by atoms with Gasteiger partial charge in [0.25, 0.3) is 0 Å². The molecular formula is C14H27O5P. The SMILES string of the molecule is CCCCCC1CCC(CC(=O)CP(=O)(OC)OC)O1. The van der Waals surface area contributed by atoms with E-state index in [-0.39, 0.29) is 24.2 Å². The molecule has 1 aliphatic heterocycles. The van der Waals surface area contributed by atoms with Gasteiger partial charge in [-0.3, -0.25) is 9.36 Å². The fourth-order valence-corrected chi connectivity index (χ4v) is 3.47. The van der Waals surface area contributed by atoms with Crippen molar-refractivity contribution in [2.24, 2.45) is 0 Å². The lowest BCUT2D eigenvalue weighted by atomic mass is 10.1. The zero-order valence-corrected chi connectivity index (χ0v) is 13.7. The van der Waals surface area contributed by atoms with Gasteiger partial charge in [0.1, 0.15) is 11.9 Å². The van der Waals surface area contributed by atoms with Gasteiger partial charge in [0.05, 0.1) is 12.2 Å². The third-order valence-corrected chi connectivity index (χ3v) is 5.56. The summed E-state index contributed by atoms with van der Waals surface area (Å²) < 4.78 is 27.3. The van der Waals surface area contributed by atoms with Crippen molar-refractivity contribution in [1.29, 1.82) is 0 Å². The first-order chi connectivity index (χ1) is 9.53. The van der Waals surface area contributed by atoms with Crippen LogP contribution in [0.25, 0.3) is 0 Å². The van der Waals surface area contributed by atoms with E-state index < -0.39 is 7.60 Å². The molecule has 2 atom stereocenters. The minimum Gasteiger partial charge on any atom is -0.375 e. The van der Waals surface area contributed by atoms with E-state index in [2.05, 4.69) is 6.92 Å². The Morgan fingerprint density at radius 2 is 1.85 bits per heavy atom. The van der Waals surface area contributed by atoms with E-state index in [0.29, 0.717) is 6.42 Å². The number of hydrogen-bond acceptors (Lipinski definition) is 5. The van der Waals surface area contributed by atoms with Gasteiger partial charge in [0.15, 0.2) is 0 Å². The number of hydrogen-bond donors (Lipinski definition) is 0. The van der Waals surface area contributed by atoms with Gasteiger partial charge >= 0.3 is 7.60 Å². The van der Waals surface area contributed by atoms with E-state index >= 15 is 0 Å². The van der Waals surface area contributed by atoms with Crippen LogP contribution >= 0.6 is 7.60 Å². The van der Waals surface area contributed by atoms with Crippen LogP contribution in [0.5, 0.6) is 0 Å². The van der Waals surface area contributed by atoms with E-state index in [1.54, 1.807) is 0 Å². The predicted molar refractivity (Wildman–Crippen MR) is 78.2 cm³/mol. The van der Waals surface area contributed by atoms with Gasteiger partial charge < -0.3 is 13.8 Å². The topological polar surface area (TPSA) is 61.8 Å². The smallest absolute Gasteiger partial charge is 0.337 e. The molecule has 6 heteroatoms. The summed E-state index contributed by atoms with van der Waals surface area (Å²) in [6.45, 7) is 2.18. The number of unbranched alkanes of at least 4 members (excludes halogenated alkanes) is 2. The van der Waals surface area contributed by atoms with Crippen molar-refractivity contribution in [2.75, 3.05) is 20.4 Å². The van der Waals surface area contributed by atoms with Gasteiger partial charge in [-0.1, -0.05) is 26.2 Å². The Hall–Kier alpha value is -0.220. The molecule has 1 heterocycles. The highest BCUT2D eigenvalue weighted by molar-refractivity contribution is 7.54. The Bertz CT molecular complexity index is 336. The lowest BCUT2D eigenvalue weighted by Crippen LogP contribution is -2.18. The first-order valence-corrected chi connectivity index (χ1v) is 9.13. The van der Waals surface area contributed by atoms with Crippen molar-refractivity contribution in [3.05, 3.63) is 0 Å². The van der Waals surface area contributed by atoms with Crippen LogP contribution in [0.1, 0.15) is 51.9 Å². The van der Waals surface area contributed by atoms with Crippen molar-refractivity contribution >= 4 is 13.4 Å². The number of ketones is 1. The average Bonchev–Trinajstić information content (AvgIpc) is 2.86. The third kappa shape index (κ3) is 6.04. The maximum absolute atomic E-state index is 11.9. The Morgan fingerprint density at radius 3 is 2.45 bits per heavy atom. The van der Waals surface area contributed by atoms with Gasteiger partial charge in [0, 0.05) is 20.6 Å². The second-order valence-electron chi connectivity index (χ2n) is 5.33. The minimum absolute atomic E-state index is 0.0312. The molecule has 1 saturated heterocycles. The molecule has 0 spiro atoms. The highest BCUT2D eigenvalue weighted by Crippen LogP contribution is 2.46. The standard InChI is InChI=1S/C14H27O5P/c1-4-5-6-7-13-8-9-14(19-13)10-12(15)11-20(16,17-2)18-3/h13-14H,4-11H2,1-3H3. The first-order valence-electron chi connectivity index (χ1n) is 7.40. The van der Waals surface area contributed by atoms with E-state index in [1.807, 2.05) is 0 Å². The van der Waals surface area contributed by atoms with Gasteiger partial charge in [0.2, 0.25) is 0 Å². The molecule has 0 radical (unpaired) electrons. The number of carbonyl (C=O) groups excluding carboxylic acids is 1. The van der Waals surface area contributed by atoms with Crippen LogP contribution in [0.2, 0.25) is 0 Å². The van der Waals surface area contributed by atoms with E-state index in [1.165, 1.54) is 33.5 Å². The number of rotatable bonds is 10. The minimum atomic E-state index is -3.24. The second-order valence-corrected chi connectivity index (χ2v) is 7.60. The van der Waals surface area contributed by atoms with Gasteiger partial charge in [-0.2, -0.15) is 0 Å². The summed E-state index contributed by atoms with van der Waals surface area (Å²) in [5.74, 6) is -0.115. The average molecular weight is 306 g/mol. The Kier molecular flexibility index (Phi) is 7.96. The molecule has 0 aromatic carbocycles. The molecule has 1 fully saturated rings. The zero-order valence-electron chi connectivity index (χ0n) is 12.8. The van der Waals surface area contributed by atoms with Crippen LogP contribution in [0.3, 0.4) is 0 Å². The van der Waals surface area contributed by atoms with E-state index in [0.717, 1.165) is 19.3 Å². The summed E-state index contributed by atoms with van der Waals surface area (Å²) in [5, 5.41) is 0. The van der Waals surface area contributed by atoms with Crippen molar-refractivity contribution in [3.8, 4) is 0 Å². The summed E-state index contributed by atoms with van der Waals surface area (Å²) in [6.07, 6.45) is 7.03. The Balaban J connectivity index is 2.28. The highest BCUT2D eigenvalue weighted by atomic mass is 31.2. The summed E-state index contributed by atoms with van der Waals surface area (Å²) in [5.41, 5.74) is 0. The molecule has 0 aromatic rings. The third-order valence-electron chi connectivity index (χ3n) is 3.71. The van der Waals surface area contributed by atoms with E-state index in [4.69, 9.17) is 13.8 Å². The molecule has 0 saturated carbocycles. The van der Waals surface area contributed by atoms with Crippen molar-refractivity contribution in [3.63, 3.8) is 0 Å². The second kappa shape index (κ2) is 8.93. The largest absolute Gasteiger partial charge is 0.375 e. The fourth-order valence-electron chi connectivity index (χ4n) is 2.50. The maximum Gasteiger partial charge on any atom is 0.337 e. The van der Waals surface area contributed by atoms with Gasteiger partial charge in [-0.05, 0) is 19.3 Å². The fraction of sp³-hybridized carbons (Fsp3) is 0.929. The predicted octanol–water partition coefficient (Wildman–Crippen LogP) is 3.56. The van der Waals surface area contributed by atoms with Gasteiger partial charge in [-0.15, -0.1) is 0 Å². The molecule has 1 aliphatic rings. The lowest BCUT2D eigenvalue weighted by Gasteiger charge is -2.15. The molecule has 20 heavy (non-hydrogen) atoms. The lowest BCUT2D eigenvalue weighted by molar-refractivity contribution is -0.119. The van der Waals surface area contributed by atoms with Crippen LogP contribution < -0.4 is 0 Å². The summed E-state index contributed by atoms with van der Waals surface area (Å²) in [6, 6.07) is 0. The van der Waals surface area contributed by atoms with Crippen LogP contribution in [-0.4, -0.2) is 38.4 Å². The molecule has 2 unspecified atom stereocenters. The molecule has 0 N–H and O–H groups in total. The number of carbonyl (C=O) groups is 1. The molecule has 118 valence electrons. The van der Waals surface area contributed by atoms with Crippen molar-refractivity contribution < 1.29 is 23.1 Å². The summed E-state index contributed by atoms with van der Waals surface area (Å²) in [7, 11) is -0.638. The Morgan fingerprint density at radius 1 is 1.20 bits per heavy atom. The molecule has 5 nitrogen and oxygen atoms in total. The molecule has 0 amide bonds. The maximum atomic E-state index is 11.9. The molecule has 0 bridgehead atoms.